The van der Waals surface area contributed by atoms with Gasteiger partial charge in [0.2, 0.25) is 17.7 Å². The molecule has 2 rings (SSSR count). The number of primary amides is 1. The maximum atomic E-state index is 12.9. The summed E-state index contributed by atoms with van der Waals surface area (Å²) in [6.07, 6.45) is 1.30. The molecule has 3 amide bonds. The SMILES string of the molecule is CCC(=O)NC(Cc1ccc2ccccc2c1)C(=O)N[C@H](C(N)=O)[C@@H](C)CC. The molecule has 0 fully saturated rings. The van der Waals surface area contributed by atoms with E-state index in [9.17, 15) is 14.4 Å². The van der Waals surface area contributed by atoms with Crippen molar-refractivity contribution in [1.82, 2.24) is 10.6 Å². The van der Waals surface area contributed by atoms with E-state index in [4.69, 9.17) is 5.73 Å². The summed E-state index contributed by atoms with van der Waals surface area (Å²) < 4.78 is 0. The van der Waals surface area contributed by atoms with E-state index < -0.39 is 23.9 Å². The van der Waals surface area contributed by atoms with Crippen LogP contribution in [0.5, 0.6) is 0 Å². The molecule has 3 atom stereocenters. The molecule has 1 unspecified atom stereocenters. The van der Waals surface area contributed by atoms with Crippen LogP contribution in [0.4, 0.5) is 0 Å². The fourth-order valence-electron chi connectivity index (χ4n) is 3.09. The summed E-state index contributed by atoms with van der Waals surface area (Å²) in [5.41, 5.74) is 6.39. The molecule has 0 aromatic heterocycles. The molecule has 2 aromatic rings. The number of benzene rings is 2. The van der Waals surface area contributed by atoms with E-state index in [1.165, 1.54) is 0 Å². The van der Waals surface area contributed by atoms with E-state index in [-0.39, 0.29) is 18.2 Å². The van der Waals surface area contributed by atoms with Gasteiger partial charge >= 0.3 is 0 Å². The molecule has 0 radical (unpaired) electrons. The largest absolute Gasteiger partial charge is 0.368 e. The third-order valence-corrected chi connectivity index (χ3v) is 5.04. The molecule has 0 saturated heterocycles. The maximum Gasteiger partial charge on any atom is 0.243 e. The smallest absolute Gasteiger partial charge is 0.243 e. The van der Waals surface area contributed by atoms with Crippen molar-refractivity contribution in [2.75, 3.05) is 0 Å². The molecule has 0 aliphatic rings. The molecule has 0 bridgehead atoms. The van der Waals surface area contributed by atoms with Crippen molar-refractivity contribution < 1.29 is 14.4 Å². The minimum Gasteiger partial charge on any atom is -0.368 e. The molecule has 6 nitrogen and oxygen atoms in total. The molecule has 0 saturated carbocycles. The second kappa shape index (κ2) is 9.88. The van der Waals surface area contributed by atoms with Gasteiger partial charge in [-0.3, -0.25) is 14.4 Å². The minimum absolute atomic E-state index is 0.0929. The first-order valence-electron chi connectivity index (χ1n) is 9.72. The zero-order valence-electron chi connectivity index (χ0n) is 16.7. The summed E-state index contributed by atoms with van der Waals surface area (Å²) >= 11 is 0. The summed E-state index contributed by atoms with van der Waals surface area (Å²) in [6.45, 7) is 5.52. The summed E-state index contributed by atoms with van der Waals surface area (Å²) in [7, 11) is 0. The van der Waals surface area contributed by atoms with Gasteiger partial charge in [-0.05, 0) is 22.3 Å². The van der Waals surface area contributed by atoms with E-state index in [2.05, 4.69) is 10.6 Å². The quantitative estimate of drug-likeness (QED) is 0.619. The van der Waals surface area contributed by atoms with Gasteiger partial charge in [-0.15, -0.1) is 0 Å². The van der Waals surface area contributed by atoms with E-state index in [1.54, 1.807) is 6.92 Å². The van der Waals surface area contributed by atoms with Crippen LogP contribution in [0.25, 0.3) is 10.8 Å². The highest BCUT2D eigenvalue weighted by Gasteiger charge is 2.28. The van der Waals surface area contributed by atoms with Crippen LogP contribution < -0.4 is 16.4 Å². The maximum absolute atomic E-state index is 12.9. The Morgan fingerprint density at radius 2 is 1.68 bits per heavy atom. The first-order valence-corrected chi connectivity index (χ1v) is 9.72. The number of nitrogens with one attached hydrogen (secondary N) is 2. The van der Waals surface area contributed by atoms with E-state index in [0.717, 1.165) is 16.3 Å². The second-order valence-electron chi connectivity index (χ2n) is 7.13. The van der Waals surface area contributed by atoms with Crippen molar-refractivity contribution in [3.05, 3.63) is 48.0 Å². The van der Waals surface area contributed by atoms with Gasteiger partial charge in [-0.25, -0.2) is 0 Å². The highest BCUT2D eigenvalue weighted by molar-refractivity contribution is 5.92. The van der Waals surface area contributed by atoms with Crippen LogP contribution in [0.1, 0.15) is 39.2 Å². The number of hydrogen-bond donors (Lipinski definition) is 3. The van der Waals surface area contributed by atoms with Crippen molar-refractivity contribution in [2.24, 2.45) is 11.7 Å². The van der Waals surface area contributed by atoms with Crippen LogP contribution in [0.15, 0.2) is 42.5 Å². The highest BCUT2D eigenvalue weighted by Crippen LogP contribution is 2.17. The van der Waals surface area contributed by atoms with Crippen LogP contribution in [0.2, 0.25) is 0 Å². The van der Waals surface area contributed by atoms with E-state index in [0.29, 0.717) is 12.8 Å². The Hall–Kier alpha value is -2.89. The lowest BCUT2D eigenvalue weighted by Crippen LogP contribution is -2.55. The van der Waals surface area contributed by atoms with E-state index in [1.807, 2.05) is 56.3 Å². The van der Waals surface area contributed by atoms with E-state index >= 15 is 0 Å². The van der Waals surface area contributed by atoms with Gasteiger partial charge in [0.25, 0.3) is 0 Å². The number of rotatable bonds is 9. The molecule has 150 valence electrons. The molecular weight excluding hydrogens is 354 g/mol. The van der Waals surface area contributed by atoms with Crippen molar-refractivity contribution in [2.45, 2.75) is 52.1 Å². The topological polar surface area (TPSA) is 101 Å². The first-order chi connectivity index (χ1) is 13.3. The Balaban J connectivity index is 2.23. The molecule has 28 heavy (non-hydrogen) atoms. The number of hydrogen-bond acceptors (Lipinski definition) is 3. The Kier molecular flexibility index (Phi) is 7.55. The van der Waals surface area contributed by atoms with Crippen LogP contribution >= 0.6 is 0 Å². The monoisotopic (exact) mass is 383 g/mol. The molecule has 2 aromatic carbocycles. The summed E-state index contributed by atoms with van der Waals surface area (Å²) in [4.78, 5) is 36.6. The van der Waals surface area contributed by atoms with Crippen molar-refractivity contribution in [1.29, 1.82) is 0 Å². The molecule has 0 aliphatic heterocycles. The molecule has 0 spiro atoms. The molecule has 6 heteroatoms. The number of carbonyl (C=O) groups excluding carboxylic acids is 3. The van der Waals surface area contributed by atoms with Crippen molar-refractivity contribution in [3.63, 3.8) is 0 Å². The number of amides is 3. The lowest BCUT2D eigenvalue weighted by molar-refractivity contribution is -0.132. The van der Waals surface area contributed by atoms with Gasteiger partial charge in [0, 0.05) is 12.8 Å². The normalized spacial score (nSPS) is 14.1. The Labute approximate surface area is 165 Å². The number of fused-ring (bicyclic) bond motifs is 1. The second-order valence-corrected chi connectivity index (χ2v) is 7.13. The molecular formula is C22H29N3O3. The van der Waals surface area contributed by atoms with Crippen molar-refractivity contribution in [3.8, 4) is 0 Å². The first kappa shape index (κ1) is 21.4. The zero-order valence-corrected chi connectivity index (χ0v) is 16.7. The molecule has 0 aliphatic carbocycles. The fourth-order valence-corrected chi connectivity index (χ4v) is 3.09. The summed E-state index contributed by atoms with van der Waals surface area (Å²) in [5, 5.41) is 7.66. The zero-order chi connectivity index (χ0) is 20.7. The van der Waals surface area contributed by atoms with Gasteiger partial charge in [0.15, 0.2) is 0 Å². The van der Waals surface area contributed by atoms with Crippen LogP contribution in [0, 0.1) is 5.92 Å². The predicted octanol–water partition coefficient (Wildman–Crippen LogP) is 2.29. The van der Waals surface area contributed by atoms with Gasteiger partial charge in [0.05, 0.1) is 0 Å². The lowest BCUT2D eigenvalue weighted by Gasteiger charge is -2.25. The Morgan fingerprint density at radius 3 is 2.29 bits per heavy atom. The lowest BCUT2D eigenvalue weighted by atomic mass is 9.97. The summed E-state index contributed by atoms with van der Waals surface area (Å²) in [6, 6.07) is 12.4. The van der Waals surface area contributed by atoms with Gasteiger partial charge in [-0.1, -0.05) is 69.7 Å². The third-order valence-electron chi connectivity index (χ3n) is 5.04. The third kappa shape index (κ3) is 5.55. The average molecular weight is 383 g/mol. The molecule has 4 N–H and O–H groups in total. The highest BCUT2D eigenvalue weighted by atomic mass is 16.2. The van der Waals surface area contributed by atoms with Crippen LogP contribution in [0.3, 0.4) is 0 Å². The molecule has 0 heterocycles. The Bertz CT molecular complexity index is 850. The number of carbonyl (C=O) groups is 3. The summed E-state index contributed by atoms with van der Waals surface area (Å²) in [5.74, 6) is -1.29. The van der Waals surface area contributed by atoms with Crippen molar-refractivity contribution >= 4 is 28.5 Å². The Morgan fingerprint density at radius 1 is 1.00 bits per heavy atom. The van der Waals surface area contributed by atoms with Crippen LogP contribution in [-0.2, 0) is 20.8 Å². The van der Waals surface area contributed by atoms with Gasteiger partial charge < -0.3 is 16.4 Å². The minimum atomic E-state index is -0.778. The predicted molar refractivity (Wildman–Crippen MR) is 110 cm³/mol. The van der Waals surface area contributed by atoms with Crippen LogP contribution in [-0.4, -0.2) is 29.8 Å². The number of nitrogens with two attached hydrogens (primary N) is 1. The standard InChI is InChI=1S/C22H29N3O3/c1-4-14(3)20(21(23)27)25-22(28)18(24-19(26)5-2)13-15-10-11-16-8-6-7-9-17(16)12-15/h6-12,14,18,20H,4-5,13H2,1-3H3,(H2,23,27)(H,24,26)(H,25,28)/t14-,18?,20-/m0/s1. The van der Waals surface area contributed by atoms with Gasteiger partial charge in [0.1, 0.15) is 12.1 Å². The average Bonchev–Trinajstić information content (AvgIpc) is 2.70. The fraction of sp³-hybridized carbons (Fsp3) is 0.409. The van der Waals surface area contributed by atoms with Gasteiger partial charge in [-0.2, -0.15) is 0 Å².